The lowest BCUT2D eigenvalue weighted by Gasteiger charge is -2.32. The molecule has 2 heterocycles. The van der Waals surface area contributed by atoms with Crippen LogP contribution in [0.3, 0.4) is 0 Å². The van der Waals surface area contributed by atoms with Crippen molar-refractivity contribution in [3.05, 3.63) is 35.9 Å². The topological polar surface area (TPSA) is 35.6 Å². The number of nitrogens with zero attached hydrogens (tertiary/aromatic N) is 2. The minimum absolute atomic E-state index is 0.0166. The van der Waals surface area contributed by atoms with Crippen molar-refractivity contribution in [2.45, 2.75) is 31.7 Å². The summed E-state index contributed by atoms with van der Waals surface area (Å²) in [6.07, 6.45) is 1.99. The van der Waals surface area contributed by atoms with Crippen LogP contribution in [0.1, 0.15) is 31.2 Å². The molecule has 0 spiro atoms. The van der Waals surface area contributed by atoms with E-state index >= 15 is 0 Å². The summed E-state index contributed by atoms with van der Waals surface area (Å²) in [6, 6.07) is 10.8. The van der Waals surface area contributed by atoms with Crippen molar-refractivity contribution in [1.29, 1.82) is 0 Å². The zero-order valence-electron chi connectivity index (χ0n) is 13.5. The molecule has 4 nitrogen and oxygen atoms in total. The van der Waals surface area contributed by atoms with E-state index in [0.717, 1.165) is 57.7 Å². The molecule has 2 aliphatic heterocycles. The lowest BCUT2D eigenvalue weighted by Crippen LogP contribution is -2.49. The molecule has 0 bridgehead atoms. The van der Waals surface area contributed by atoms with Crippen LogP contribution in [0.2, 0.25) is 0 Å². The number of hydrogen-bond donors (Lipinski definition) is 1. The van der Waals surface area contributed by atoms with Gasteiger partial charge in [-0.15, -0.1) is 0 Å². The van der Waals surface area contributed by atoms with E-state index in [1.807, 2.05) is 18.2 Å². The molecule has 22 heavy (non-hydrogen) atoms. The molecule has 0 radical (unpaired) electrons. The van der Waals surface area contributed by atoms with Gasteiger partial charge in [0.15, 0.2) is 0 Å². The number of likely N-dealkylation sites (tertiary alicyclic amines) is 1. The van der Waals surface area contributed by atoms with Gasteiger partial charge in [-0.2, -0.15) is 0 Å². The number of piperazine rings is 1. The summed E-state index contributed by atoms with van der Waals surface area (Å²) in [6.45, 7) is 8.31. The van der Waals surface area contributed by atoms with Crippen LogP contribution in [0.4, 0.5) is 0 Å². The number of amides is 1. The van der Waals surface area contributed by atoms with Crippen molar-refractivity contribution in [3.8, 4) is 0 Å². The first kappa shape index (κ1) is 15.5. The predicted octanol–water partition coefficient (Wildman–Crippen LogP) is 1.69. The molecule has 1 aromatic rings. The Bertz CT molecular complexity index is 484. The van der Waals surface area contributed by atoms with E-state index in [2.05, 4.69) is 34.2 Å². The molecule has 0 aliphatic carbocycles. The van der Waals surface area contributed by atoms with E-state index in [0.29, 0.717) is 11.9 Å². The summed E-state index contributed by atoms with van der Waals surface area (Å²) in [4.78, 5) is 17.5. The Labute approximate surface area is 133 Å². The Morgan fingerprint density at radius 3 is 2.64 bits per heavy atom. The Morgan fingerprint density at radius 1 is 1.23 bits per heavy atom. The van der Waals surface area contributed by atoms with Gasteiger partial charge in [0.2, 0.25) is 5.91 Å². The van der Waals surface area contributed by atoms with Gasteiger partial charge < -0.3 is 10.2 Å². The molecule has 2 atom stereocenters. The van der Waals surface area contributed by atoms with Crippen molar-refractivity contribution >= 4 is 5.91 Å². The zero-order chi connectivity index (χ0) is 15.4. The molecule has 3 rings (SSSR count). The molecule has 2 unspecified atom stereocenters. The van der Waals surface area contributed by atoms with Crippen LogP contribution in [0.5, 0.6) is 0 Å². The highest BCUT2D eigenvalue weighted by Gasteiger charge is 2.33. The zero-order valence-corrected chi connectivity index (χ0v) is 13.5. The van der Waals surface area contributed by atoms with Gasteiger partial charge in [-0.1, -0.05) is 37.3 Å². The normalized spacial score (nSPS) is 24.4. The quantitative estimate of drug-likeness (QED) is 0.919. The Kier molecular flexibility index (Phi) is 5.11. The van der Waals surface area contributed by atoms with Gasteiger partial charge in [0.25, 0.3) is 0 Å². The molecule has 0 aromatic heterocycles. The van der Waals surface area contributed by atoms with E-state index in [4.69, 9.17) is 0 Å². The number of carbonyl (C=O) groups excluding carboxylic acids is 1. The number of benzene rings is 1. The van der Waals surface area contributed by atoms with E-state index in [1.165, 1.54) is 0 Å². The SMILES string of the molecule is CCC(C(=O)N1CCC(N2CCNCC2)C1)c1ccccc1. The maximum absolute atomic E-state index is 12.9. The third kappa shape index (κ3) is 3.33. The number of rotatable bonds is 4. The van der Waals surface area contributed by atoms with Gasteiger partial charge >= 0.3 is 0 Å². The number of carbonyl (C=O) groups is 1. The summed E-state index contributed by atoms with van der Waals surface area (Å²) >= 11 is 0. The summed E-state index contributed by atoms with van der Waals surface area (Å²) in [5.41, 5.74) is 1.15. The van der Waals surface area contributed by atoms with E-state index in [1.54, 1.807) is 0 Å². The fraction of sp³-hybridized carbons (Fsp3) is 0.611. The van der Waals surface area contributed by atoms with Crippen molar-refractivity contribution < 1.29 is 4.79 Å². The molecule has 1 aromatic carbocycles. The second-order valence-electron chi connectivity index (χ2n) is 6.38. The number of nitrogens with one attached hydrogen (secondary N) is 1. The molecular weight excluding hydrogens is 274 g/mol. The third-order valence-electron chi connectivity index (χ3n) is 5.05. The van der Waals surface area contributed by atoms with Crippen LogP contribution in [0.15, 0.2) is 30.3 Å². The second-order valence-corrected chi connectivity index (χ2v) is 6.38. The highest BCUT2D eigenvalue weighted by Crippen LogP contribution is 2.25. The molecule has 1 N–H and O–H groups in total. The maximum atomic E-state index is 12.9. The van der Waals surface area contributed by atoms with Gasteiger partial charge in [0, 0.05) is 45.3 Å². The van der Waals surface area contributed by atoms with Crippen LogP contribution in [-0.2, 0) is 4.79 Å². The largest absolute Gasteiger partial charge is 0.341 e. The van der Waals surface area contributed by atoms with Gasteiger partial charge in [-0.3, -0.25) is 9.69 Å². The van der Waals surface area contributed by atoms with Gasteiger partial charge in [-0.05, 0) is 18.4 Å². The maximum Gasteiger partial charge on any atom is 0.230 e. The number of hydrogen-bond acceptors (Lipinski definition) is 3. The Hall–Kier alpha value is -1.39. The van der Waals surface area contributed by atoms with E-state index < -0.39 is 0 Å². The average molecular weight is 301 g/mol. The fourth-order valence-corrected chi connectivity index (χ4v) is 3.75. The van der Waals surface area contributed by atoms with Crippen LogP contribution >= 0.6 is 0 Å². The average Bonchev–Trinajstić information content (AvgIpc) is 3.07. The lowest BCUT2D eigenvalue weighted by molar-refractivity contribution is -0.132. The highest BCUT2D eigenvalue weighted by molar-refractivity contribution is 5.84. The third-order valence-corrected chi connectivity index (χ3v) is 5.05. The summed E-state index contributed by atoms with van der Waals surface area (Å²) in [5.74, 6) is 0.328. The Morgan fingerprint density at radius 2 is 1.95 bits per heavy atom. The monoisotopic (exact) mass is 301 g/mol. The van der Waals surface area contributed by atoms with Crippen LogP contribution in [-0.4, -0.2) is 61.0 Å². The standard InChI is InChI=1S/C18H27N3O/c1-2-17(15-6-4-3-5-7-15)18(22)21-11-8-16(14-21)20-12-9-19-10-13-20/h3-7,16-17,19H,2,8-14H2,1H3. The highest BCUT2D eigenvalue weighted by atomic mass is 16.2. The molecule has 2 fully saturated rings. The van der Waals surface area contributed by atoms with Gasteiger partial charge in [0.1, 0.15) is 0 Å². The Balaban J connectivity index is 1.62. The van der Waals surface area contributed by atoms with Crippen molar-refractivity contribution in [1.82, 2.24) is 15.1 Å². The second kappa shape index (κ2) is 7.25. The molecule has 0 saturated carbocycles. The minimum Gasteiger partial charge on any atom is -0.341 e. The molecule has 4 heteroatoms. The van der Waals surface area contributed by atoms with Crippen LogP contribution in [0.25, 0.3) is 0 Å². The smallest absolute Gasteiger partial charge is 0.230 e. The van der Waals surface area contributed by atoms with Crippen molar-refractivity contribution in [2.75, 3.05) is 39.3 Å². The van der Waals surface area contributed by atoms with Crippen molar-refractivity contribution in [2.24, 2.45) is 0 Å². The first-order valence-electron chi connectivity index (χ1n) is 8.58. The van der Waals surface area contributed by atoms with E-state index in [-0.39, 0.29) is 5.92 Å². The lowest BCUT2D eigenvalue weighted by atomic mass is 9.95. The summed E-state index contributed by atoms with van der Waals surface area (Å²) < 4.78 is 0. The molecule has 120 valence electrons. The molecule has 2 saturated heterocycles. The molecule has 1 amide bonds. The molecule has 2 aliphatic rings. The summed E-state index contributed by atoms with van der Waals surface area (Å²) in [7, 11) is 0. The first-order valence-corrected chi connectivity index (χ1v) is 8.58. The summed E-state index contributed by atoms with van der Waals surface area (Å²) in [5, 5.41) is 3.40. The predicted molar refractivity (Wildman–Crippen MR) is 88.9 cm³/mol. The van der Waals surface area contributed by atoms with Crippen LogP contribution in [0, 0.1) is 0 Å². The van der Waals surface area contributed by atoms with Gasteiger partial charge in [0.05, 0.1) is 5.92 Å². The van der Waals surface area contributed by atoms with Gasteiger partial charge in [-0.25, -0.2) is 0 Å². The fourth-order valence-electron chi connectivity index (χ4n) is 3.75. The van der Waals surface area contributed by atoms with Crippen LogP contribution < -0.4 is 5.32 Å². The van der Waals surface area contributed by atoms with Crippen molar-refractivity contribution in [3.63, 3.8) is 0 Å². The first-order chi connectivity index (χ1) is 10.8. The minimum atomic E-state index is 0.0166. The van der Waals surface area contributed by atoms with E-state index in [9.17, 15) is 4.79 Å². The molecular formula is C18H27N3O.